The van der Waals surface area contributed by atoms with E-state index in [0.717, 1.165) is 23.1 Å². The van der Waals surface area contributed by atoms with Crippen molar-refractivity contribution in [3.05, 3.63) is 29.6 Å². The molecule has 0 saturated carbocycles. The Hall–Kier alpha value is -1.03. The third-order valence-electron chi connectivity index (χ3n) is 2.16. The molecule has 0 amide bonds. The van der Waals surface area contributed by atoms with Crippen molar-refractivity contribution in [2.24, 2.45) is 5.92 Å². The number of rotatable bonds is 6. The van der Waals surface area contributed by atoms with E-state index < -0.39 is 5.97 Å². The topological polar surface area (TPSA) is 50.2 Å². The van der Waals surface area contributed by atoms with E-state index in [-0.39, 0.29) is 5.56 Å². The quantitative estimate of drug-likeness (QED) is 0.775. The summed E-state index contributed by atoms with van der Waals surface area (Å²) >= 11 is 1.84. The molecule has 3 nitrogen and oxygen atoms in total. The summed E-state index contributed by atoms with van der Waals surface area (Å²) in [4.78, 5) is 14.7. The summed E-state index contributed by atoms with van der Waals surface area (Å²) in [5.41, 5.74) is 1.19. The third kappa shape index (κ3) is 4.66. The Morgan fingerprint density at radius 2 is 2.25 bits per heavy atom. The van der Waals surface area contributed by atoms with E-state index in [1.165, 1.54) is 12.6 Å². The molecule has 0 aromatic carbocycles. The number of aromatic carboxylic acids is 1. The first-order valence-electron chi connectivity index (χ1n) is 5.35. The number of hydrogen-bond acceptors (Lipinski definition) is 3. The molecule has 1 aromatic heterocycles. The largest absolute Gasteiger partial charge is 0.478 e. The lowest BCUT2D eigenvalue weighted by Crippen LogP contribution is -1.98. The number of carboxylic acid groups (broad SMARTS) is 1. The number of pyridine rings is 1. The molecule has 0 bridgehead atoms. The van der Waals surface area contributed by atoms with Gasteiger partial charge in [0, 0.05) is 11.9 Å². The van der Waals surface area contributed by atoms with E-state index in [1.54, 1.807) is 12.1 Å². The van der Waals surface area contributed by atoms with Crippen molar-refractivity contribution < 1.29 is 9.90 Å². The number of carboxylic acids is 1. The highest BCUT2D eigenvalue weighted by molar-refractivity contribution is 7.98. The normalized spacial score (nSPS) is 10.7. The van der Waals surface area contributed by atoms with Crippen molar-refractivity contribution >= 4 is 17.7 Å². The lowest BCUT2D eigenvalue weighted by Gasteiger charge is -2.04. The second-order valence-electron chi connectivity index (χ2n) is 4.08. The van der Waals surface area contributed by atoms with Crippen LogP contribution in [0.15, 0.2) is 18.3 Å². The van der Waals surface area contributed by atoms with Crippen molar-refractivity contribution in [3.63, 3.8) is 0 Å². The van der Waals surface area contributed by atoms with Gasteiger partial charge >= 0.3 is 5.97 Å². The van der Waals surface area contributed by atoms with Gasteiger partial charge in [-0.05, 0) is 30.2 Å². The van der Waals surface area contributed by atoms with Crippen molar-refractivity contribution in [1.29, 1.82) is 0 Å². The van der Waals surface area contributed by atoms with Gasteiger partial charge in [0.15, 0.2) is 0 Å². The number of carbonyl (C=O) groups is 1. The van der Waals surface area contributed by atoms with Gasteiger partial charge in [-0.3, -0.25) is 4.98 Å². The van der Waals surface area contributed by atoms with Crippen molar-refractivity contribution in [3.8, 4) is 0 Å². The van der Waals surface area contributed by atoms with Gasteiger partial charge in [0.2, 0.25) is 0 Å². The lowest BCUT2D eigenvalue weighted by molar-refractivity contribution is 0.0696. The Morgan fingerprint density at radius 1 is 1.50 bits per heavy atom. The van der Waals surface area contributed by atoms with Crippen LogP contribution < -0.4 is 0 Å². The highest BCUT2D eigenvalue weighted by atomic mass is 32.2. The molecule has 16 heavy (non-hydrogen) atoms. The van der Waals surface area contributed by atoms with Gasteiger partial charge in [0.25, 0.3) is 0 Å². The fourth-order valence-electron chi connectivity index (χ4n) is 1.13. The van der Waals surface area contributed by atoms with Crippen LogP contribution in [0.5, 0.6) is 0 Å². The van der Waals surface area contributed by atoms with Gasteiger partial charge in [-0.25, -0.2) is 4.79 Å². The highest BCUT2D eigenvalue weighted by Gasteiger charge is 2.03. The minimum Gasteiger partial charge on any atom is -0.478 e. The summed E-state index contributed by atoms with van der Waals surface area (Å²) < 4.78 is 0. The van der Waals surface area contributed by atoms with Gasteiger partial charge in [-0.2, -0.15) is 11.8 Å². The standard InChI is InChI=1S/C12H17NO2S/c1-9(2)5-6-16-8-11-4-3-10(7-13-11)12(14)15/h3-4,7,9H,5-6,8H2,1-2H3,(H,14,15). The molecule has 0 aliphatic rings. The molecule has 88 valence electrons. The second-order valence-corrected chi connectivity index (χ2v) is 5.18. The maximum Gasteiger partial charge on any atom is 0.337 e. The molecule has 0 aliphatic carbocycles. The Labute approximate surface area is 100 Å². The van der Waals surface area contributed by atoms with Crippen LogP contribution in [-0.2, 0) is 5.75 Å². The van der Waals surface area contributed by atoms with Crippen LogP contribution >= 0.6 is 11.8 Å². The minimum atomic E-state index is -0.925. The molecule has 1 heterocycles. The van der Waals surface area contributed by atoms with Gasteiger partial charge < -0.3 is 5.11 Å². The predicted molar refractivity (Wildman–Crippen MR) is 66.8 cm³/mol. The Balaban J connectivity index is 2.35. The third-order valence-corrected chi connectivity index (χ3v) is 3.19. The SMILES string of the molecule is CC(C)CCSCc1ccc(C(=O)O)cn1. The molecular formula is C12H17NO2S. The zero-order valence-electron chi connectivity index (χ0n) is 9.64. The van der Waals surface area contributed by atoms with Crippen molar-refractivity contribution in [2.45, 2.75) is 26.0 Å². The smallest absolute Gasteiger partial charge is 0.337 e. The summed E-state index contributed by atoms with van der Waals surface area (Å²) in [6.07, 6.45) is 2.62. The first kappa shape index (κ1) is 13.0. The van der Waals surface area contributed by atoms with E-state index >= 15 is 0 Å². The average Bonchev–Trinajstić information content (AvgIpc) is 2.25. The van der Waals surface area contributed by atoms with E-state index in [2.05, 4.69) is 18.8 Å². The molecule has 1 N–H and O–H groups in total. The van der Waals surface area contributed by atoms with Crippen LogP contribution in [-0.4, -0.2) is 21.8 Å². The first-order chi connectivity index (χ1) is 7.59. The number of hydrogen-bond donors (Lipinski definition) is 1. The van der Waals surface area contributed by atoms with Crippen LogP contribution in [0.4, 0.5) is 0 Å². The molecule has 0 spiro atoms. The van der Waals surface area contributed by atoms with Gasteiger partial charge in [-0.1, -0.05) is 13.8 Å². The number of thioether (sulfide) groups is 1. The lowest BCUT2D eigenvalue weighted by atomic mass is 10.2. The van der Waals surface area contributed by atoms with Gasteiger partial charge in [0.05, 0.1) is 11.3 Å². The molecule has 0 radical (unpaired) electrons. The first-order valence-corrected chi connectivity index (χ1v) is 6.51. The zero-order valence-corrected chi connectivity index (χ0v) is 10.5. The van der Waals surface area contributed by atoms with Crippen LogP contribution in [0.1, 0.15) is 36.3 Å². The summed E-state index contributed by atoms with van der Waals surface area (Å²) in [7, 11) is 0. The van der Waals surface area contributed by atoms with Crippen LogP contribution in [0.25, 0.3) is 0 Å². The van der Waals surface area contributed by atoms with Crippen LogP contribution in [0.2, 0.25) is 0 Å². The molecule has 0 unspecified atom stereocenters. The fraction of sp³-hybridized carbons (Fsp3) is 0.500. The molecule has 0 aliphatic heterocycles. The maximum absolute atomic E-state index is 10.6. The average molecular weight is 239 g/mol. The molecule has 0 saturated heterocycles. The minimum absolute atomic E-state index is 0.246. The summed E-state index contributed by atoms with van der Waals surface area (Å²) in [6, 6.07) is 3.39. The summed E-state index contributed by atoms with van der Waals surface area (Å²) in [6.45, 7) is 4.42. The van der Waals surface area contributed by atoms with Crippen molar-refractivity contribution in [2.75, 3.05) is 5.75 Å². The Bertz CT molecular complexity index is 335. The second kappa shape index (κ2) is 6.53. The van der Waals surface area contributed by atoms with Crippen molar-refractivity contribution in [1.82, 2.24) is 4.98 Å². The van der Waals surface area contributed by atoms with E-state index in [4.69, 9.17) is 5.11 Å². The van der Waals surface area contributed by atoms with Gasteiger partial charge in [0.1, 0.15) is 0 Å². The monoisotopic (exact) mass is 239 g/mol. The van der Waals surface area contributed by atoms with Crippen LogP contribution in [0.3, 0.4) is 0 Å². The summed E-state index contributed by atoms with van der Waals surface area (Å²) in [5.74, 6) is 1.79. The van der Waals surface area contributed by atoms with Crippen LogP contribution in [0, 0.1) is 5.92 Å². The molecule has 0 atom stereocenters. The molecule has 1 rings (SSSR count). The molecule has 0 fully saturated rings. The summed E-state index contributed by atoms with van der Waals surface area (Å²) in [5, 5.41) is 8.71. The molecular weight excluding hydrogens is 222 g/mol. The maximum atomic E-state index is 10.6. The Kier molecular flexibility index (Phi) is 5.32. The molecule has 4 heteroatoms. The van der Waals surface area contributed by atoms with E-state index in [1.807, 2.05) is 11.8 Å². The Morgan fingerprint density at radius 3 is 2.75 bits per heavy atom. The number of aromatic nitrogens is 1. The fourth-order valence-corrected chi connectivity index (χ4v) is 2.29. The van der Waals surface area contributed by atoms with E-state index in [9.17, 15) is 4.79 Å². The predicted octanol–water partition coefficient (Wildman–Crippen LogP) is 3.06. The molecule has 1 aromatic rings. The van der Waals surface area contributed by atoms with E-state index in [0.29, 0.717) is 0 Å². The highest BCUT2D eigenvalue weighted by Crippen LogP contribution is 2.14. The number of nitrogens with zero attached hydrogens (tertiary/aromatic N) is 1. The van der Waals surface area contributed by atoms with Gasteiger partial charge in [-0.15, -0.1) is 0 Å². The zero-order chi connectivity index (χ0) is 12.0.